The molecule has 0 aromatic heterocycles. The molecule has 0 fully saturated rings. The van der Waals surface area contributed by atoms with Gasteiger partial charge in [0, 0.05) is 0 Å². The van der Waals surface area contributed by atoms with E-state index in [0.29, 0.717) is 0 Å². The number of halogens is 2. The van der Waals surface area contributed by atoms with E-state index in [1.807, 2.05) is 13.8 Å². The summed E-state index contributed by atoms with van der Waals surface area (Å²) in [6, 6.07) is 0. The SMILES string of the molecule is CCOC(=O)C(F)(Br)C(O)CC(C)C. The molecule has 84 valence electrons. The molecule has 0 aliphatic heterocycles. The Kier molecular flexibility index (Phi) is 5.59. The largest absolute Gasteiger partial charge is 0.463 e. The average Bonchev–Trinajstić information content (AvgIpc) is 2.03. The Labute approximate surface area is 91.8 Å². The van der Waals surface area contributed by atoms with Gasteiger partial charge in [-0.15, -0.1) is 0 Å². The first-order valence-electron chi connectivity index (χ1n) is 4.55. The summed E-state index contributed by atoms with van der Waals surface area (Å²) in [4.78, 5) is 11.1. The van der Waals surface area contributed by atoms with Gasteiger partial charge in [-0.2, -0.15) is 0 Å². The lowest BCUT2D eigenvalue weighted by Crippen LogP contribution is -2.41. The zero-order valence-electron chi connectivity index (χ0n) is 8.59. The van der Waals surface area contributed by atoms with Crippen LogP contribution >= 0.6 is 15.9 Å². The molecular formula is C9H16BrFO3. The van der Waals surface area contributed by atoms with Crippen LogP contribution in [0.5, 0.6) is 0 Å². The number of aliphatic hydroxyl groups is 1. The second-order valence-corrected chi connectivity index (χ2v) is 4.64. The Hall–Kier alpha value is -0.160. The molecule has 0 rings (SSSR count). The summed E-state index contributed by atoms with van der Waals surface area (Å²) in [6.45, 7) is 5.33. The number of rotatable bonds is 5. The molecule has 0 radical (unpaired) electrons. The van der Waals surface area contributed by atoms with Crippen LogP contribution in [0.3, 0.4) is 0 Å². The monoisotopic (exact) mass is 270 g/mol. The van der Waals surface area contributed by atoms with E-state index >= 15 is 0 Å². The number of carbonyl (C=O) groups excluding carboxylic acids is 1. The molecule has 0 saturated heterocycles. The van der Waals surface area contributed by atoms with Gasteiger partial charge in [-0.25, -0.2) is 9.18 Å². The summed E-state index contributed by atoms with van der Waals surface area (Å²) in [7, 11) is 0. The Balaban J connectivity index is 4.35. The number of carbonyl (C=O) groups is 1. The van der Waals surface area contributed by atoms with E-state index in [1.165, 1.54) is 0 Å². The Bertz CT molecular complexity index is 194. The minimum absolute atomic E-state index is 0.0878. The van der Waals surface area contributed by atoms with Crippen LogP contribution < -0.4 is 0 Å². The summed E-state index contributed by atoms with van der Waals surface area (Å²) in [5.74, 6) is -0.972. The molecule has 1 N–H and O–H groups in total. The van der Waals surface area contributed by atoms with E-state index in [0.717, 1.165) is 0 Å². The quantitative estimate of drug-likeness (QED) is 0.614. The number of hydrogen-bond acceptors (Lipinski definition) is 3. The molecule has 2 atom stereocenters. The molecule has 0 saturated carbocycles. The van der Waals surface area contributed by atoms with Gasteiger partial charge < -0.3 is 9.84 Å². The predicted octanol–water partition coefficient (Wildman–Crippen LogP) is 2.02. The smallest absolute Gasteiger partial charge is 0.357 e. The number of alkyl halides is 2. The van der Waals surface area contributed by atoms with E-state index < -0.39 is 16.7 Å². The predicted molar refractivity (Wildman–Crippen MR) is 54.9 cm³/mol. The lowest BCUT2D eigenvalue weighted by atomic mass is 10.0. The standard InChI is InChI=1S/C9H16BrFO3/c1-4-14-8(13)9(10,11)7(12)5-6(2)3/h6-7,12H,4-5H2,1-3H3. The van der Waals surface area contributed by atoms with E-state index in [-0.39, 0.29) is 18.9 Å². The van der Waals surface area contributed by atoms with Crippen LogP contribution in [-0.4, -0.2) is 28.4 Å². The average molecular weight is 271 g/mol. The van der Waals surface area contributed by atoms with Crippen molar-refractivity contribution in [3.8, 4) is 0 Å². The molecule has 0 amide bonds. The fourth-order valence-corrected chi connectivity index (χ4v) is 1.26. The maximum Gasteiger partial charge on any atom is 0.357 e. The van der Waals surface area contributed by atoms with Crippen molar-refractivity contribution in [3.05, 3.63) is 0 Å². The molecule has 14 heavy (non-hydrogen) atoms. The summed E-state index contributed by atoms with van der Waals surface area (Å²) < 4.78 is 15.6. The Morgan fingerprint density at radius 1 is 1.64 bits per heavy atom. The van der Waals surface area contributed by atoms with E-state index in [4.69, 9.17) is 0 Å². The molecule has 0 bridgehead atoms. The third-order valence-electron chi connectivity index (χ3n) is 1.66. The first-order valence-corrected chi connectivity index (χ1v) is 5.34. The van der Waals surface area contributed by atoms with Crippen LogP contribution in [-0.2, 0) is 9.53 Å². The fourth-order valence-electron chi connectivity index (χ4n) is 0.958. The summed E-state index contributed by atoms with van der Waals surface area (Å²) in [5, 5.41) is 9.42. The van der Waals surface area contributed by atoms with Crippen molar-refractivity contribution < 1.29 is 19.0 Å². The summed E-state index contributed by atoms with van der Waals surface area (Å²) >= 11 is 2.55. The summed E-state index contributed by atoms with van der Waals surface area (Å²) in [6.07, 6.45) is -1.19. The van der Waals surface area contributed by atoms with E-state index in [9.17, 15) is 14.3 Å². The Morgan fingerprint density at radius 2 is 2.14 bits per heavy atom. The number of hydrogen-bond donors (Lipinski definition) is 1. The van der Waals surface area contributed by atoms with Crippen molar-refractivity contribution in [3.63, 3.8) is 0 Å². The zero-order chi connectivity index (χ0) is 11.4. The van der Waals surface area contributed by atoms with Gasteiger partial charge in [0.05, 0.1) is 6.61 Å². The molecule has 0 spiro atoms. The fraction of sp³-hybridized carbons (Fsp3) is 0.889. The third kappa shape index (κ3) is 3.92. The van der Waals surface area contributed by atoms with Gasteiger partial charge in [0.25, 0.3) is 4.58 Å². The van der Waals surface area contributed by atoms with Gasteiger partial charge in [-0.1, -0.05) is 13.8 Å². The first-order chi connectivity index (χ1) is 6.32. The highest BCUT2D eigenvalue weighted by atomic mass is 79.9. The second kappa shape index (κ2) is 5.66. The molecule has 5 heteroatoms. The topological polar surface area (TPSA) is 46.5 Å². The van der Waals surface area contributed by atoms with Crippen molar-refractivity contribution in [2.45, 2.75) is 37.9 Å². The number of aliphatic hydroxyl groups excluding tert-OH is 1. The van der Waals surface area contributed by atoms with Crippen LogP contribution in [0.15, 0.2) is 0 Å². The molecule has 0 aromatic rings. The second-order valence-electron chi connectivity index (χ2n) is 3.49. The third-order valence-corrected chi connectivity index (χ3v) is 2.51. The van der Waals surface area contributed by atoms with Crippen molar-refractivity contribution in [1.29, 1.82) is 0 Å². The molecule has 0 heterocycles. The molecule has 3 nitrogen and oxygen atoms in total. The maximum absolute atomic E-state index is 13.6. The molecule has 0 aliphatic rings. The highest BCUT2D eigenvalue weighted by Crippen LogP contribution is 2.29. The van der Waals surface area contributed by atoms with Crippen molar-refractivity contribution >= 4 is 21.9 Å². The van der Waals surface area contributed by atoms with E-state index in [1.54, 1.807) is 6.92 Å². The summed E-state index contributed by atoms with van der Waals surface area (Å²) in [5.41, 5.74) is 0. The van der Waals surface area contributed by atoms with Gasteiger partial charge in [-0.3, -0.25) is 0 Å². The van der Waals surface area contributed by atoms with Crippen LogP contribution in [0.1, 0.15) is 27.2 Å². The molecule has 2 unspecified atom stereocenters. The number of esters is 1. The van der Waals surface area contributed by atoms with Crippen molar-refractivity contribution in [2.75, 3.05) is 6.61 Å². The number of ether oxygens (including phenoxy) is 1. The minimum Gasteiger partial charge on any atom is -0.463 e. The van der Waals surface area contributed by atoms with Crippen LogP contribution in [0.25, 0.3) is 0 Å². The molecule has 0 aromatic carbocycles. The van der Waals surface area contributed by atoms with E-state index in [2.05, 4.69) is 20.7 Å². The van der Waals surface area contributed by atoms with Gasteiger partial charge >= 0.3 is 5.97 Å². The normalized spacial score (nSPS) is 17.6. The van der Waals surface area contributed by atoms with Crippen LogP contribution in [0, 0.1) is 5.92 Å². The lowest BCUT2D eigenvalue weighted by molar-refractivity contribution is -0.156. The van der Waals surface area contributed by atoms with Crippen molar-refractivity contribution in [1.82, 2.24) is 0 Å². The highest BCUT2D eigenvalue weighted by Gasteiger charge is 2.44. The van der Waals surface area contributed by atoms with Gasteiger partial charge in [0.15, 0.2) is 0 Å². The first kappa shape index (κ1) is 13.8. The van der Waals surface area contributed by atoms with Gasteiger partial charge in [0.2, 0.25) is 0 Å². The lowest BCUT2D eigenvalue weighted by Gasteiger charge is -2.23. The minimum atomic E-state index is -2.49. The van der Waals surface area contributed by atoms with Crippen LogP contribution in [0.2, 0.25) is 0 Å². The highest BCUT2D eigenvalue weighted by molar-refractivity contribution is 9.10. The van der Waals surface area contributed by atoms with Gasteiger partial charge in [-0.05, 0) is 35.2 Å². The van der Waals surface area contributed by atoms with Gasteiger partial charge in [0.1, 0.15) is 6.10 Å². The van der Waals surface area contributed by atoms with Crippen LogP contribution in [0.4, 0.5) is 4.39 Å². The Morgan fingerprint density at radius 3 is 2.50 bits per heavy atom. The molecular weight excluding hydrogens is 255 g/mol. The maximum atomic E-state index is 13.6. The molecule has 0 aliphatic carbocycles. The van der Waals surface area contributed by atoms with Crippen molar-refractivity contribution in [2.24, 2.45) is 5.92 Å². The zero-order valence-corrected chi connectivity index (χ0v) is 10.2.